The first-order chi connectivity index (χ1) is 7.72. The monoisotopic (exact) mass is 217 g/mol. The van der Waals surface area contributed by atoms with Gasteiger partial charge in [0.15, 0.2) is 0 Å². The van der Waals surface area contributed by atoms with E-state index in [0.717, 1.165) is 23.4 Å². The first-order valence-electron chi connectivity index (χ1n) is 5.45. The van der Waals surface area contributed by atoms with E-state index in [1.807, 2.05) is 36.6 Å². The van der Waals surface area contributed by atoms with Gasteiger partial charge in [-0.15, -0.1) is 0 Å². The van der Waals surface area contributed by atoms with Crippen molar-refractivity contribution in [3.63, 3.8) is 0 Å². The molecule has 0 unspecified atom stereocenters. The smallest absolute Gasteiger partial charge is 0.224 e. The summed E-state index contributed by atoms with van der Waals surface area (Å²) >= 11 is 0. The highest BCUT2D eigenvalue weighted by molar-refractivity contribution is 5.91. The highest BCUT2D eigenvalue weighted by atomic mass is 16.1. The van der Waals surface area contributed by atoms with Crippen molar-refractivity contribution in [1.82, 2.24) is 9.38 Å². The van der Waals surface area contributed by atoms with Crippen LogP contribution in [0.1, 0.15) is 25.5 Å². The van der Waals surface area contributed by atoms with Gasteiger partial charge < -0.3 is 9.72 Å². The molecule has 2 rings (SSSR count). The molecule has 0 fully saturated rings. The fraction of sp³-hybridized carbons (Fsp3) is 0.333. The lowest BCUT2D eigenvalue weighted by atomic mass is 10.2. The van der Waals surface area contributed by atoms with Gasteiger partial charge in [0, 0.05) is 24.5 Å². The summed E-state index contributed by atoms with van der Waals surface area (Å²) in [6.07, 6.45) is 5.06. The normalized spacial score (nSPS) is 10.6. The number of carbonyl (C=O) groups excluding carboxylic acids is 1. The van der Waals surface area contributed by atoms with E-state index in [2.05, 4.69) is 10.3 Å². The summed E-state index contributed by atoms with van der Waals surface area (Å²) in [5, 5.41) is 2.91. The lowest BCUT2D eigenvalue weighted by Gasteiger charge is -2.09. The van der Waals surface area contributed by atoms with Crippen LogP contribution in [0.25, 0.3) is 5.65 Å². The highest BCUT2D eigenvalue weighted by Crippen LogP contribution is 2.16. The molecule has 16 heavy (non-hydrogen) atoms. The van der Waals surface area contributed by atoms with Gasteiger partial charge in [0.2, 0.25) is 5.91 Å². The minimum atomic E-state index is 0.0602. The van der Waals surface area contributed by atoms with Crippen LogP contribution in [0.4, 0.5) is 5.69 Å². The van der Waals surface area contributed by atoms with E-state index in [4.69, 9.17) is 0 Å². The fourth-order valence-corrected chi connectivity index (χ4v) is 1.70. The van der Waals surface area contributed by atoms with Crippen LogP contribution in [0.15, 0.2) is 24.5 Å². The van der Waals surface area contributed by atoms with E-state index >= 15 is 0 Å². The van der Waals surface area contributed by atoms with Crippen molar-refractivity contribution in [2.45, 2.75) is 26.7 Å². The molecule has 0 saturated heterocycles. The molecule has 0 aliphatic heterocycles. The third kappa shape index (κ3) is 1.91. The maximum atomic E-state index is 11.5. The molecule has 0 radical (unpaired) electrons. The molecule has 1 N–H and O–H groups in total. The first kappa shape index (κ1) is 10.7. The standard InChI is InChI=1S/C12H15N3O/c1-3-4-12(16)14-10-5-6-11-13-7-8-15(11)9(10)2/h5-8H,3-4H2,1-2H3,(H,14,16). The van der Waals surface area contributed by atoms with E-state index in [-0.39, 0.29) is 5.91 Å². The number of nitrogens with one attached hydrogen (secondary N) is 1. The largest absolute Gasteiger partial charge is 0.325 e. The second-order valence-corrected chi connectivity index (χ2v) is 3.79. The fourth-order valence-electron chi connectivity index (χ4n) is 1.70. The lowest BCUT2D eigenvalue weighted by Crippen LogP contribution is -2.12. The van der Waals surface area contributed by atoms with Crippen LogP contribution in [0.3, 0.4) is 0 Å². The SMILES string of the molecule is CCCC(=O)Nc1ccc2nccn2c1C. The number of fused-ring (bicyclic) bond motifs is 1. The Labute approximate surface area is 94.3 Å². The number of anilines is 1. The Bertz CT molecular complexity index is 516. The van der Waals surface area contributed by atoms with Gasteiger partial charge >= 0.3 is 0 Å². The molecule has 0 aliphatic rings. The van der Waals surface area contributed by atoms with Gasteiger partial charge in [-0.05, 0) is 25.5 Å². The van der Waals surface area contributed by atoms with E-state index < -0.39 is 0 Å². The topological polar surface area (TPSA) is 46.4 Å². The van der Waals surface area contributed by atoms with Crippen molar-refractivity contribution >= 4 is 17.2 Å². The highest BCUT2D eigenvalue weighted by Gasteiger charge is 2.06. The Balaban J connectivity index is 2.30. The van der Waals surface area contributed by atoms with Crippen molar-refractivity contribution in [3.8, 4) is 0 Å². The molecule has 4 heteroatoms. The number of nitrogens with zero attached hydrogens (tertiary/aromatic N) is 2. The molecule has 4 nitrogen and oxygen atoms in total. The van der Waals surface area contributed by atoms with Crippen LogP contribution in [-0.4, -0.2) is 15.3 Å². The minimum absolute atomic E-state index is 0.0602. The Kier molecular flexibility index (Phi) is 2.90. The van der Waals surface area contributed by atoms with Gasteiger partial charge in [-0.1, -0.05) is 6.92 Å². The lowest BCUT2D eigenvalue weighted by molar-refractivity contribution is -0.116. The number of hydrogen-bond donors (Lipinski definition) is 1. The zero-order valence-corrected chi connectivity index (χ0v) is 9.53. The van der Waals surface area contributed by atoms with Gasteiger partial charge in [-0.3, -0.25) is 4.79 Å². The van der Waals surface area contributed by atoms with Gasteiger partial charge in [-0.25, -0.2) is 4.98 Å². The Morgan fingerprint density at radius 1 is 1.50 bits per heavy atom. The van der Waals surface area contributed by atoms with Gasteiger partial charge in [0.1, 0.15) is 5.65 Å². The second kappa shape index (κ2) is 4.35. The molecule has 1 amide bonds. The maximum absolute atomic E-state index is 11.5. The Hall–Kier alpha value is -1.84. The maximum Gasteiger partial charge on any atom is 0.224 e. The van der Waals surface area contributed by atoms with Gasteiger partial charge in [-0.2, -0.15) is 0 Å². The van der Waals surface area contributed by atoms with Crippen molar-refractivity contribution in [2.24, 2.45) is 0 Å². The predicted molar refractivity (Wildman–Crippen MR) is 63.5 cm³/mol. The Morgan fingerprint density at radius 3 is 3.06 bits per heavy atom. The van der Waals surface area contributed by atoms with Gasteiger partial charge in [0.25, 0.3) is 0 Å². The third-order valence-electron chi connectivity index (χ3n) is 2.57. The van der Waals surface area contributed by atoms with Crippen LogP contribution in [0, 0.1) is 6.92 Å². The quantitative estimate of drug-likeness (QED) is 0.858. The summed E-state index contributed by atoms with van der Waals surface area (Å²) in [5.41, 5.74) is 2.74. The van der Waals surface area contributed by atoms with Crippen LogP contribution in [0.5, 0.6) is 0 Å². The summed E-state index contributed by atoms with van der Waals surface area (Å²) in [7, 11) is 0. The average Bonchev–Trinajstić information content (AvgIpc) is 2.71. The summed E-state index contributed by atoms with van der Waals surface area (Å²) in [4.78, 5) is 15.7. The van der Waals surface area contributed by atoms with E-state index in [1.165, 1.54) is 0 Å². The van der Waals surface area contributed by atoms with Crippen molar-refractivity contribution in [3.05, 3.63) is 30.2 Å². The second-order valence-electron chi connectivity index (χ2n) is 3.79. The number of rotatable bonds is 3. The first-order valence-corrected chi connectivity index (χ1v) is 5.45. The average molecular weight is 217 g/mol. The number of pyridine rings is 1. The molecule has 2 aromatic rings. The van der Waals surface area contributed by atoms with Crippen LogP contribution in [0.2, 0.25) is 0 Å². The van der Waals surface area contributed by atoms with Crippen LogP contribution >= 0.6 is 0 Å². The molecule has 0 aliphatic carbocycles. The van der Waals surface area contributed by atoms with Crippen molar-refractivity contribution in [2.75, 3.05) is 5.32 Å². The van der Waals surface area contributed by atoms with Crippen LogP contribution in [-0.2, 0) is 4.79 Å². The minimum Gasteiger partial charge on any atom is -0.325 e. The number of hydrogen-bond acceptors (Lipinski definition) is 2. The number of aryl methyl sites for hydroxylation is 1. The number of aromatic nitrogens is 2. The molecule has 0 bridgehead atoms. The molecule has 0 aromatic carbocycles. The molecule has 0 spiro atoms. The summed E-state index contributed by atoms with van der Waals surface area (Å²) in [5.74, 6) is 0.0602. The molecule has 2 heterocycles. The van der Waals surface area contributed by atoms with Gasteiger partial charge in [0.05, 0.1) is 5.69 Å². The molecule has 0 atom stereocenters. The summed E-state index contributed by atoms with van der Waals surface area (Å²) < 4.78 is 1.96. The number of amides is 1. The number of carbonyl (C=O) groups is 1. The zero-order valence-electron chi connectivity index (χ0n) is 9.53. The van der Waals surface area contributed by atoms with E-state index in [1.54, 1.807) is 6.20 Å². The molecular formula is C12H15N3O. The summed E-state index contributed by atoms with van der Waals surface area (Å²) in [6.45, 7) is 3.96. The molecule has 0 saturated carbocycles. The predicted octanol–water partition coefficient (Wildman–Crippen LogP) is 2.38. The Morgan fingerprint density at radius 2 is 2.31 bits per heavy atom. The summed E-state index contributed by atoms with van der Waals surface area (Å²) in [6, 6.07) is 3.79. The number of imidazole rings is 1. The van der Waals surface area contributed by atoms with E-state index in [0.29, 0.717) is 6.42 Å². The van der Waals surface area contributed by atoms with Crippen molar-refractivity contribution < 1.29 is 4.79 Å². The zero-order chi connectivity index (χ0) is 11.5. The van der Waals surface area contributed by atoms with Crippen LogP contribution < -0.4 is 5.32 Å². The molecule has 2 aromatic heterocycles. The molecule has 84 valence electrons. The third-order valence-corrected chi connectivity index (χ3v) is 2.57. The van der Waals surface area contributed by atoms with E-state index in [9.17, 15) is 4.79 Å². The molecular weight excluding hydrogens is 202 g/mol. The van der Waals surface area contributed by atoms with Crippen molar-refractivity contribution in [1.29, 1.82) is 0 Å².